The predicted octanol–water partition coefficient (Wildman–Crippen LogP) is 2.29. The first kappa shape index (κ1) is 8.99. The molecule has 0 radical (unpaired) electrons. The van der Waals surface area contributed by atoms with Gasteiger partial charge in [-0.25, -0.2) is 0 Å². The molecule has 9 heavy (non-hydrogen) atoms. The van der Waals surface area contributed by atoms with Crippen LogP contribution in [0.4, 0.5) is 0 Å². The maximum Gasteiger partial charge on any atom is 0.0892 e. The lowest BCUT2D eigenvalue weighted by molar-refractivity contribution is 0.207. The topological polar surface area (TPSA) is 20.2 Å². The molecular formula is C7H13ClO. The van der Waals surface area contributed by atoms with Crippen LogP contribution >= 0.6 is 11.6 Å². The summed E-state index contributed by atoms with van der Waals surface area (Å²) >= 11 is 5.61. The molecule has 0 amide bonds. The lowest BCUT2D eigenvalue weighted by Gasteiger charge is -2.05. The number of aliphatic hydroxyl groups is 1. The normalized spacial score (nSPS) is 15.8. The first-order chi connectivity index (χ1) is 4.22. The summed E-state index contributed by atoms with van der Waals surface area (Å²) < 4.78 is 0. The number of hydrogen-bond acceptors (Lipinski definition) is 1. The fourth-order valence-corrected chi connectivity index (χ4v) is 0.713. The third kappa shape index (κ3) is 3.55. The van der Waals surface area contributed by atoms with E-state index in [9.17, 15) is 0 Å². The van der Waals surface area contributed by atoms with Gasteiger partial charge in [0.05, 0.1) is 6.10 Å². The zero-order valence-electron chi connectivity index (χ0n) is 5.89. The molecular weight excluding hydrogens is 136 g/mol. The van der Waals surface area contributed by atoms with E-state index in [1.54, 1.807) is 6.08 Å². The molecule has 0 aromatic carbocycles. The molecule has 0 aliphatic rings. The molecule has 0 aromatic rings. The van der Waals surface area contributed by atoms with Crippen molar-refractivity contribution in [2.75, 3.05) is 0 Å². The monoisotopic (exact) mass is 148 g/mol. The van der Waals surface area contributed by atoms with Crippen LogP contribution in [0.25, 0.3) is 0 Å². The minimum atomic E-state index is -0.443. The van der Waals surface area contributed by atoms with Gasteiger partial charge in [0.2, 0.25) is 0 Å². The molecule has 0 rings (SSSR count). The van der Waals surface area contributed by atoms with Crippen LogP contribution in [0.5, 0.6) is 0 Å². The zero-order valence-corrected chi connectivity index (χ0v) is 6.65. The summed E-state index contributed by atoms with van der Waals surface area (Å²) in [5, 5.41) is 9.67. The van der Waals surface area contributed by atoms with E-state index in [1.807, 2.05) is 13.8 Å². The first-order valence-electron chi connectivity index (χ1n) is 3.22. The van der Waals surface area contributed by atoms with Crippen LogP contribution in [-0.4, -0.2) is 11.2 Å². The average Bonchev–Trinajstić information content (AvgIpc) is 1.87. The Hall–Kier alpha value is -0.0100. The third-order valence-electron chi connectivity index (χ3n) is 1.16. The summed E-state index contributed by atoms with van der Waals surface area (Å²) in [6, 6.07) is 0. The Bertz CT molecular complexity index is 99.1. The molecule has 0 aliphatic carbocycles. The van der Waals surface area contributed by atoms with Crippen molar-refractivity contribution in [3.05, 3.63) is 11.1 Å². The molecule has 0 aliphatic heterocycles. The van der Waals surface area contributed by atoms with Crippen LogP contribution in [-0.2, 0) is 0 Å². The van der Waals surface area contributed by atoms with Crippen molar-refractivity contribution in [3.8, 4) is 0 Å². The molecule has 1 atom stereocenters. The van der Waals surface area contributed by atoms with E-state index in [-0.39, 0.29) is 0 Å². The molecule has 0 fully saturated rings. The highest BCUT2D eigenvalue weighted by Gasteiger charge is 2.03. The van der Waals surface area contributed by atoms with Gasteiger partial charge in [-0.2, -0.15) is 0 Å². The number of rotatable bonds is 3. The highest BCUT2D eigenvalue weighted by atomic mass is 35.5. The number of aliphatic hydroxyl groups excluding tert-OH is 1. The second kappa shape index (κ2) is 4.83. The molecule has 0 heterocycles. The zero-order chi connectivity index (χ0) is 7.28. The quantitative estimate of drug-likeness (QED) is 0.651. The second-order valence-corrected chi connectivity index (χ2v) is 2.41. The Morgan fingerprint density at radius 2 is 2.33 bits per heavy atom. The fraction of sp³-hybridized carbons (Fsp3) is 0.714. The van der Waals surface area contributed by atoms with Gasteiger partial charge in [0.15, 0.2) is 0 Å². The molecule has 1 N–H and O–H groups in total. The van der Waals surface area contributed by atoms with Crippen LogP contribution < -0.4 is 0 Å². The van der Waals surface area contributed by atoms with E-state index in [4.69, 9.17) is 16.7 Å². The summed E-state index contributed by atoms with van der Waals surface area (Å²) in [6.45, 7) is 3.84. The largest absolute Gasteiger partial charge is 0.388 e. The Balaban J connectivity index is 3.59. The Morgan fingerprint density at radius 3 is 2.67 bits per heavy atom. The third-order valence-corrected chi connectivity index (χ3v) is 1.63. The van der Waals surface area contributed by atoms with Gasteiger partial charge in [-0.15, -0.1) is 0 Å². The van der Waals surface area contributed by atoms with Crippen LogP contribution in [0.1, 0.15) is 26.7 Å². The maximum absolute atomic E-state index is 9.12. The van der Waals surface area contributed by atoms with Gasteiger partial charge in [-0.1, -0.05) is 31.0 Å². The molecule has 54 valence electrons. The SMILES string of the molecule is CC=C(Cl)C(O)CCC. The number of hydrogen-bond donors (Lipinski definition) is 1. The second-order valence-electron chi connectivity index (χ2n) is 1.98. The summed E-state index contributed by atoms with van der Waals surface area (Å²) in [7, 11) is 0. The van der Waals surface area contributed by atoms with E-state index < -0.39 is 6.10 Å². The van der Waals surface area contributed by atoms with Crippen LogP contribution in [0.15, 0.2) is 11.1 Å². The fourth-order valence-electron chi connectivity index (χ4n) is 0.604. The predicted molar refractivity (Wildman–Crippen MR) is 40.5 cm³/mol. The van der Waals surface area contributed by atoms with Crippen molar-refractivity contribution in [3.63, 3.8) is 0 Å². The molecule has 1 nitrogen and oxygen atoms in total. The Kier molecular flexibility index (Phi) is 4.83. The Morgan fingerprint density at radius 1 is 1.78 bits per heavy atom. The van der Waals surface area contributed by atoms with Gasteiger partial charge in [0.1, 0.15) is 0 Å². The van der Waals surface area contributed by atoms with Gasteiger partial charge in [0.25, 0.3) is 0 Å². The lowest BCUT2D eigenvalue weighted by Crippen LogP contribution is -2.04. The minimum Gasteiger partial charge on any atom is -0.388 e. The molecule has 2 heteroatoms. The van der Waals surface area contributed by atoms with Crippen LogP contribution in [0, 0.1) is 0 Å². The van der Waals surface area contributed by atoms with Gasteiger partial charge in [-0.05, 0) is 13.3 Å². The van der Waals surface area contributed by atoms with Crippen molar-refractivity contribution >= 4 is 11.6 Å². The van der Waals surface area contributed by atoms with Gasteiger partial charge >= 0.3 is 0 Å². The summed E-state index contributed by atoms with van der Waals surface area (Å²) in [4.78, 5) is 0. The summed E-state index contributed by atoms with van der Waals surface area (Å²) in [6.07, 6.45) is 3.00. The Labute approximate surface area is 61.3 Å². The molecule has 0 aromatic heterocycles. The lowest BCUT2D eigenvalue weighted by atomic mass is 10.2. The van der Waals surface area contributed by atoms with E-state index in [2.05, 4.69) is 0 Å². The molecule has 0 spiro atoms. The number of allylic oxidation sites excluding steroid dienone is 1. The molecule has 0 saturated heterocycles. The summed E-state index contributed by atoms with van der Waals surface area (Å²) in [5.74, 6) is 0. The average molecular weight is 149 g/mol. The van der Waals surface area contributed by atoms with Crippen molar-refractivity contribution in [2.45, 2.75) is 32.8 Å². The van der Waals surface area contributed by atoms with Crippen LogP contribution in [0.3, 0.4) is 0 Å². The minimum absolute atomic E-state index is 0.443. The maximum atomic E-state index is 9.12. The van der Waals surface area contributed by atoms with Gasteiger partial charge in [0, 0.05) is 5.03 Å². The highest BCUT2D eigenvalue weighted by Crippen LogP contribution is 2.11. The smallest absolute Gasteiger partial charge is 0.0892 e. The summed E-state index contributed by atoms with van der Waals surface area (Å²) in [5.41, 5.74) is 0. The molecule has 0 saturated carbocycles. The molecule has 1 unspecified atom stereocenters. The van der Waals surface area contributed by atoms with Crippen molar-refractivity contribution in [1.82, 2.24) is 0 Å². The van der Waals surface area contributed by atoms with E-state index in [1.165, 1.54) is 0 Å². The van der Waals surface area contributed by atoms with Crippen molar-refractivity contribution in [1.29, 1.82) is 0 Å². The standard InChI is InChI=1S/C7H13ClO/c1-3-5-7(9)6(8)4-2/h4,7,9H,3,5H2,1-2H3. The van der Waals surface area contributed by atoms with Crippen molar-refractivity contribution < 1.29 is 5.11 Å². The van der Waals surface area contributed by atoms with Crippen LogP contribution in [0.2, 0.25) is 0 Å². The van der Waals surface area contributed by atoms with E-state index in [0.29, 0.717) is 5.03 Å². The van der Waals surface area contributed by atoms with E-state index >= 15 is 0 Å². The van der Waals surface area contributed by atoms with Gasteiger partial charge < -0.3 is 5.11 Å². The first-order valence-corrected chi connectivity index (χ1v) is 3.60. The van der Waals surface area contributed by atoms with Gasteiger partial charge in [-0.3, -0.25) is 0 Å². The number of halogens is 1. The van der Waals surface area contributed by atoms with E-state index in [0.717, 1.165) is 12.8 Å². The molecule has 0 bridgehead atoms. The highest BCUT2D eigenvalue weighted by molar-refractivity contribution is 6.30. The van der Waals surface area contributed by atoms with Crippen molar-refractivity contribution in [2.24, 2.45) is 0 Å².